The molecule has 4 nitrogen and oxygen atoms in total. The average molecular weight is 308 g/mol. The van der Waals surface area contributed by atoms with Gasteiger partial charge >= 0.3 is 5.97 Å². The van der Waals surface area contributed by atoms with Crippen LogP contribution < -0.4 is 5.32 Å². The van der Waals surface area contributed by atoms with Crippen LogP contribution in [-0.2, 0) is 0 Å². The van der Waals surface area contributed by atoms with Gasteiger partial charge in [0, 0.05) is 5.69 Å². The summed E-state index contributed by atoms with van der Waals surface area (Å²) < 4.78 is 13.7. The molecule has 0 radical (unpaired) electrons. The summed E-state index contributed by atoms with van der Waals surface area (Å²) >= 11 is 5.73. The molecule has 0 spiro atoms. The van der Waals surface area contributed by atoms with Gasteiger partial charge in [-0.1, -0.05) is 17.7 Å². The van der Waals surface area contributed by atoms with Gasteiger partial charge in [-0.25, -0.2) is 9.18 Å². The number of benzene rings is 2. The van der Waals surface area contributed by atoms with Crippen LogP contribution in [0.3, 0.4) is 0 Å². The standard InChI is InChI=1S/C15H11ClFNO3/c1-8-2-4-10(13(17)6-8)14(19)18-9-3-5-12(16)11(7-9)15(20)21/h2-7H,1H3,(H,18,19)(H,20,21). The molecule has 2 aromatic carbocycles. The normalized spacial score (nSPS) is 10.2. The highest BCUT2D eigenvalue weighted by Gasteiger charge is 2.14. The van der Waals surface area contributed by atoms with Gasteiger partial charge in [0.2, 0.25) is 0 Å². The molecule has 0 heterocycles. The van der Waals surface area contributed by atoms with Crippen molar-refractivity contribution >= 4 is 29.2 Å². The average Bonchev–Trinajstić information content (AvgIpc) is 2.40. The lowest BCUT2D eigenvalue weighted by atomic mass is 10.1. The quantitative estimate of drug-likeness (QED) is 0.907. The number of rotatable bonds is 3. The number of aromatic carboxylic acids is 1. The fraction of sp³-hybridized carbons (Fsp3) is 0.0667. The Kier molecular flexibility index (Phi) is 4.23. The molecule has 0 unspecified atom stereocenters. The molecular formula is C15H11ClFNO3. The van der Waals surface area contributed by atoms with E-state index in [1.807, 2.05) is 0 Å². The third-order valence-corrected chi connectivity index (χ3v) is 3.15. The van der Waals surface area contributed by atoms with Crippen molar-refractivity contribution in [3.63, 3.8) is 0 Å². The number of carboxylic acid groups (broad SMARTS) is 1. The Hall–Kier alpha value is -2.40. The van der Waals surface area contributed by atoms with Crippen LogP contribution in [0.25, 0.3) is 0 Å². The molecule has 0 aromatic heterocycles. The van der Waals surface area contributed by atoms with E-state index < -0.39 is 17.7 Å². The fourth-order valence-electron chi connectivity index (χ4n) is 1.77. The van der Waals surface area contributed by atoms with Crippen LogP contribution in [-0.4, -0.2) is 17.0 Å². The van der Waals surface area contributed by atoms with Crippen LogP contribution in [0, 0.1) is 12.7 Å². The van der Waals surface area contributed by atoms with Crippen LogP contribution in [0.4, 0.5) is 10.1 Å². The maximum atomic E-state index is 13.7. The van der Waals surface area contributed by atoms with E-state index in [0.29, 0.717) is 5.56 Å². The highest BCUT2D eigenvalue weighted by atomic mass is 35.5. The van der Waals surface area contributed by atoms with Crippen molar-refractivity contribution in [2.24, 2.45) is 0 Å². The number of carbonyl (C=O) groups is 2. The smallest absolute Gasteiger partial charge is 0.337 e. The topological polar surface area (TPSA) is 66.4 Å². The first-order valence-corrected chi connectivity index (χ1v) is 6.36. The van der Waals surface area contributed by atoms with Gasteiger partial charge in [0.05, 0.1) is 16.1 Å². The van der Waals surface area contributed by atoms with Gasteiger partial charge in [-0.15, -0.1) is 0 Å². The zero-order chi connectivity index (χ0) is 15.6. The molecule has 1 amide bonds. The second kappa shape index (κ2) is 5.93. The molecule has 6 heteroatoms. The Morgan fingerprint density at radius 3 is 2.48 bits per heavy atom. The van der Waals surface area contributed by atoms with Crippen LogP contribution in [0.5, 0.6) is 0 Å². The third kappa shape index (κ3) is 3.38. The van der Waals surface area contributed by atoms with Crippen molar-refractivity contribution < 1.29 is 19.1 Å². The largest absolute Gasteiger partial charge is 0.478 e. The second-order valence-electron chi connectivity index (χ2n) is 4.44. The van der Waals surface area contributed by atoms with Gasteiger partial charge in [0.15, 0.2) is 0 Å². The molecule has 108 valence electrons. The highest BCUT2D eigenvalue weighted by Crippen LogP contribution is 2.21. The monoisotopic (exact) mass is 307 g/mol. The van der Waals surface area contributed by atoms with E-state index in [0.717, 1.165) is 0 Å². The lowest BCUT2D eigenvalue weighted by Crippen LogP contribution is -2.14. The molecule has 0 aliphatic heterocycles. The van der Waals surface area contributed by atoms with Crippen molar-refractivity contribution in [1.29, 1.82) is 0 Å². The number of nitrogens with one attached hydrogen (secondary N) is 1. The maximum Gasteiger partial charge on any atom is 0.337 e. The minimum absolute atomic E-state index is 0.0574. The molecule has 2 rings (SSSR count). The molecule has 2 N–H and O–H groups in total. The molecular weight excluding hydrogens is 297 g/mol. The molecule has 0 saturated carbocycles. The zero-order valence-electron chi connectivity index (χ0n) is 11.0. The first-order valence-electron chi connectivity index (χ1n) is 5.99. The Labute approximate surface area is 125 Å². The van der Waals surface area contributed by atoms with Crippen LogP contribution in [0.2, 0.25) is 5.02 Å². The summed E-state index contributed by atoms with van der Waals surface area (Å²) in [6, 6.07) is 8.25. The van der Waals surface area contributed by atoms with Crippen LogP contribution in [0.15, 0.2) is 36.4 Å². The summed E-state index contributed by atoms with van der Waals surface area (Å²) in [6.45, 7) is 1.71. The zero-order valence-corrected chi connectivity index (χ0v) is 11.7. The Balaban J connectivity index is 2.27. The van der Waals surface area contributed by atoms with E-state index >= 15 is 0 Å². The summed E-state index contributed by atoms with van der Waals surface area (Å²) in [5, 5.41) is 11.5. The highest BCUT2D eigenvalue weighted by molar-refractivity contribution is 6.33. The summed E-state index contributed by atoms with van der Waals surface area (Å²) in [7, 11) is 0. The summed E-state index contributed by atoms with van der Waals surface area (Å²) in [5.74, 6) is -2.51. The predicted molar refractivity (Wildman–Crippen MR) is 77.5 cm³/mol. The van der Waals surface area contributed by atoms with E-state index in [2.05, 4.69) is 5.32 Å². The van der Waals surface area contributed by atoms with Crippen molar-refractivity contribution in [2.45, 2.75) is 6.92 Å². The van der Waals surface area contributed by atoms with Gasteiger partial charge in [0.1, 0.15) is 5.82 Å². The summed E-state index contributed by atoms with van der Waals surface area (Å²) in [6.07, 6.45) is 0. The lowest BCUT2D eigenvalue weighted by molar-refractivity contribution is 0.0696. The molecule has 0 saturated heterocycles. The Morgan fingerprint density at radius 1 is 1.14 bits per heavy atom. The summed E-state index contributed by atoms with van der Waals surface area (Å²) in [5.41, 5.74) is 0.664. The number of amides is 1. The second-order valence-corrected chi connectivity index (χ2v) is 4.84. The van der Waals surface area contributed by atoms with Gasteiger partial charge < -0.3 is 10.4 Å². The number of carbonyl (C=O) groups excluding carboxylic acids is 1. The minimum Gasteiger partial charge on any atom is -0.478 e. The fourth-order valence-corrected chi connectivity index (χ4v) is 1.97. The van der Waals surface area contributed by atoms with E-state index in [1.54, 1.807) is 13.0 Å². The molecule has 0 fully saturated rings. The number of halogens is 2. The summed E-state index contributed by atoms with van der Waals surface area (Å²) in [4.78, 5) is 22.9. The first-order chi connectivity index (χ1) is 9.88. The van der Waals surface area contributed by atoms with E-state index in [1.165, 1.54) is 30.3 Å². The number of carboxylic acids is 1. The SMILES string of the molecule is Cc1ccc(C(=O)Nc2ccc(Cl)c(C(=O)O)c2)c(F)c1. The molecule has 0 bridgehead atoms. The maximum absolute atomic E-state index is 13.7. The predicted octanol–water partition coefficient (Wildman–Crippen LogP) is 3.74. The van der Waals surface area contributed by atoms with Gasteiger partial charge in [-0.05, 0) is 42.8 Å². The molecule has 21 heavy (non-hydrogen) atoms. The Morgan fingerprint density at radius 2 is 1.86 bits per heavy atom. The van der Waals surface area contributed by atoms with Gasteiger partial charge in [-0.2, -0.15) is 0 Å². The molecule has 2 aromatic rings. The number of aryl methyl sites for hydroxylation is 1. The van der Waals surface area contributed by atoms with Crippen molar-refractivity contribution in [1.82, 2.24) is 0 Å². The van der Waals surface area contributed by atoms with E-state index in [4.69, 9.17) is 16.7 Å². The molecule has 0 atom stereocenters. The van der Waals surface area contributed by atoms with Crippen LogP contribution >= 0.6 is 11.6 Å². The van der Waals surface area contributed by atoms with Crippen LogP contribution in [0.1, 0.15) is 26.3 Å². The first kappa shape index (κ1) is 15.0. The minimum atomic E-state index is -1.21. The Bertz CT molecular complexity index is 731. The van der Waals surface area contributed by atoms with Gasteiger partial charge in [0.25, 0.3) is 5.91 Å². The third-order valence-electron chi connectivity index (χ3n) is 2.82. The number of hydrogen-bond donors (Lipinski definition) is 2. The molecule has 0 aliphatic rings. The number of anilines is 1. The van der Waals surface area contributed by atoms with E-state index in [-0.39, 0.29) is 21.8 Å². The number of hydrogen-bond acceptors (Lipinski definition) is 2. The van der Waals surface area contributed by atoms with Crippen molar-refractivity contribution in [2.75, 3.05) is 5.32 Å². The van der Waals surface area contributed by atoms with Crippen molar-refractivity contribution in [3.8, 4) is 0 Å². The van der Waals surface area contributed by atoms with E-state index in [9.17, 15) is 14.0 Å². The van der Waals surface area contributed by atoms with Gasteiger partial charge in [-0.3, -0.25) is 4.79 Å². The molecule has 0 aliphatic carbocycles. The lowest BCUT2D eigenvalue weighted by Gasteiger charge is -2.08. The van der Waals surface area contributed by atoms with Crippen molar-refractivity contribution in [3.05, 3.63) is 63.9 Å².